The van der Waals surface area contributed by atoms with E-state index in [9.17, 15) is 0 Å². The molecule has 0 N–H and O–H groups in total. The van der Waals surface area contributed by atoms with Crippen molar-refractivity contribution in [2.24, 2.45) is 5.92 Å². The van der Waals surface area contributed by atoms with Crippen molar-refractivity contribution in [3.63, 3.8) is 0 Å². The van der Waals surface area contributed by atoms with E-state index in [0.29, 0.717) is 5.92 Å². The Balaban J connectivity index is 2.70. The third-order valence-electron chi connectivity index (χ3n) is 1.59. The van der Waals surface area contributed by atoms with Gasteiger partial charge in [-0.25, -0.2) is 4.98 Å². The summed E-state index contributed by atoms with van der Waals surface area (Å²) < 4.78 is 6.43. The summed E-state index contributed by atoms with van der Waals surface area (Å²) in [6.45, 7) is 7.00. The molecule has 0 aromatic carbocycles. The molecule has 1 aromatic rings. The van der Waals surface area contributed by atoms with Crippen molar-refractivity contribution in [1.82, 2.24) is 4.98 Å². The van der Waals surface area contributed by atoms with Gasteiger partial charge in [0.2, 0.25) is 0 Å². The third kappa shape index (κ3) is 3.35. The van der Waals surface area contributed by atoms with E-state index in [1.54, 1.807) is 6.20 Å². The van der Waals surface area contributed by atoms with Crippen LogP contribution in [-0.4, -0.2) is 11.6 Å². The summed E-state index contributed by atoms with van der Waals surface area (Å²) in [5.41, 5.74) is 1.07. The first-order chi connectivity index (χ1) is 6.09. The molecule has 0 bridgehead atoms. The lowest BCUT2D eigenvalue weighted by Gasteiger charge is -2.10. The van der Waals surface area contributed by atoms with E-state index >= 15 is 0 Å². The molecule has 1 heterocycles. The second kappa shape index (κ2) is 4.61. The Labute approximate surface area is 87.5 Å². The lowest BCUT2D eigenvalue weighted by molar-refractivity contribution is 0.269. The number of hydrogen-bond donors (Lipinski definition) is 0. The van der Waals surface area contributed by atoms with Crippen LogP contribution in [0, 0.1) is 12.8 Å². The number of aryl methyl sites for hydroxylation is 1. The van der Waals surface area contributed by atoms with E-state index in [2.05, 4.69) is 34.8 Å². The fourth-order valence-electron chi connectivity index (χ4n) is 0.893. The molecule has 0 fully saturated rings. The van der Waals surface area contributed by atoms with E-state index in [1.165, 1.54) is 0 Å². The summed E-state index contributed by atoms with van der Waals surface area (Å²) >= 11 is 3.31. The Morgan fingerprint density at radius 3 is 2.85 bits per heavy atom. The Morgan fingerprint density at radius 2 is 2.23 bits per heavy atom. The van der Waals surface area contributed by atoms with Gasteiger partial charge in [-0.2, -0.15) is 0 Å². The van der Waals surface area contributed by atoms with Crippen LogP contribution < -0.4 is 4.74 Å². The highest BCUT2D eigenvalue weighted by atomic mass is 79.9. The molecule has 3 heteroatoms. The average molecular weight is 244 g/mol. The Hall–Kier alpha value is -0.570. The maximum Gasteiger partial charge on any atom is 0.126 e. The summed E-state index contributed by atoms with van der Waals surface area (Å²) in [6.07, 6.45) is 1.81. The van der Waals surface area contributed by atoms with Gasteiger partial charge in [-0.15, -0.1) is 0 Å². The Morgan fingerprint density at radius 1 is 1.54 bits per heavy atom. The van der Waals surface area contributed by atoms with E-state index in [-0.39, 0.29) is 0 Å². The van der Waals surface area contributed by atoms with Gasteiger partial charge in [0.25, 0.3) is 0 Å². The number of aromatic nitrogens is 1. The zero-order valence-corrected chi connectivity index (χ0v) is 9.76. The molecular weight excluding hydrogens is 230 g/mol. The number of pyridine rings is 1. The zero-order valence-electron chi connectivity index (χ0n) is 8.17. The highest BCUT2D eigenvalue weighted by molar-refractivity contribution is 9.10. The van der Waals surface area contributed by atoms with E-state index < -0.39 is 0 Å². The Kier molecular flexibility index (Phi) is 3.72. The van der Waals surface area contributed by atoms with E-state index in [1.807, 2.05) is 13.0 Å². The predicted octanol–water partition coefficient (Wildman–Crippen LogP) is 3.19. The molecule has 0 aliphatic heterocycles. The minimum absolute atomic E-state index is 0.548. The van der Waals surface area contributed by atoms with Crippen LogP contribution in [0.2, 0.25) is 0 Å². The standard InChI is InChI=1S/C10H14BrNO/c1-7(2)6-13-9-4-10(11)12-5-8(9)3/h4-5,7H,6H2,1-3H3. The summed E-state index contributed by atoms with van der Waals surface area (Å²) in [5.74, 6) is 1.46. The molecule has 0 radical (unpaired) electrons. The highest BCUT2D eigenvalue weighted by Gasteiger charge is 2.02. The maximum absolute atomic E-state index is 5.61. The van der Waals surface area contributed by atoms with Gasteiger partial charge in [0.05, 0.1) is 6.61 Å². The van der Waals surface area contributed by atoms with Crippen LogP contribution in [0.5, 0.6) is 5.75 Å². The maximum atomic E-state index is 5.61. The second-order valence-electron chi connectivity index (χ2n) is 3.48. The van der Waals surface area contributed by atoms with Gasteiger partial charge in [-0.1, -0.05) is 13.8 Å². The van der Waals surface area contributed by atoms with Crippen LogP contribution >= 0.6 is 15.9 Å². The van der Waals surface area contributed by atoms with E-state index in [4.69, 9.17) is 4.74 Å². The number of halogens is 1. The monoisotopic (exact) mass is 243 g/mol. The van der Waals surface area contributed by atoms with Gasteiger partial charge in [0.15, 0.2) is 0 Å². The molecule has 1 rings (SSSR count). The van der Waals surface area contributed by atoms with Crippen LogP contribution in [0.15, 0.2) is 16.9 Å². The zero-order chi connectivity index (χ0) is 9.84. The molecule has 0 aliphatic carbocycles. The van der Waals surface area contributed by atoms with Crippen LogP contribution in [0.1, 0.15) is 19.4 Å². The first kappa shape index (κ1) is 10.5. The molecule has 13 heavy (non-hydrogen) atoms. The number of hydrogen-bond acceptors (Lipinski definition) is 2. The average Bonchev–Trinajstić information content (AvgIpc) is 2.06. The number of rotatable bonds is 3. The van der Waals surface area contributed by atoms with Crippen LogP contribution in [-0.2, 0) is 0 Å². The molecule has 1 aromatic heterocycles. The summed E-state index contributed by atoms with van der Waals surface area (Å²) in [5, 5.41) is 0. The van der Waals surface area contributed by atoms with Gasteiger partial charge >= 0.3 is 0 Å². The molecule has 0 aliphatic rings. The first-order valence-electron chi connectivity index (χ1n) is 4.34. The molecule has 2 nitrogen and oxygen atoms in total. The van der Waals surface area contributed by atoms with Crippen molar-refractivity contribution in [2.45, 2.75) is 20.8 Å². The molecule has 0 spiro atoms. The quantitative estimate of drug-likeness (QED) is 0.762. The van der Waals surface area contributed by atoms with E-state index in [0.717, 1.165) is 22.5 Å². The van der Waals surface area contributed by atoms with Gasteiger partial charge in [-0.3, -0.25) is 0 Å². The third-order valence-corrected chi connectivity index (χ3v) is 2.03. The van der Waals surface area contributed by atoms with Gasteiger partial charge < -0.3 is 4.74 Å². The van der Waals surface area contributed by atoms with Crippen molar-refractivity contribution in [3.05, 3.63) is 22.4 Å². The first-order valence-corrected chi connectivity index (χ1v) is 5.14. The normalized spacial score (nSPS) is 10.5. The van der Waals surface area contributed by atoms with Crippen molar-refractivity contribution in [1.29, 1.82) is 0 Å². The molecule has 0 saturated carbocycles. The fourth-order valence-corrected chi connectivity index (χ4v) is 1.20. The number of nitrogens with zero attached hydrogens (tertiary/aromatic N) is 1. The summed E-state index contributed by atoms with van der Waals surface area (Å²) in [4.78, 5) is 4.10. The van der Waals surface area contributed by atoms with Crippen molar-refractivity contribution in [2.75, 3.05) is 6.61 Å². The highest BCUT2D eigenvalue weighted by Crippen LogP contribution is 2.20. The molecule has 0 atom stereocenters. The van der Waals surface area contributed by atoms with Crippen LogP contribution in [0.3, 0.4) is 0 Å². The largest absolute Gasteiger partial charge is 0.493 e. The minimum atomic E-state index is 0.548. The topological polar surface area (TPSA) is 22.1 Å². The van der Waals surface area contributed by atoms with Gasteiger partial charge in [0.1, 0.15) is 10.4 Å². The lowest BCUT2D eigenvalue weighted by Crippen LogP contribution is -2.05. The van der Waals surface area contributed by atoms with Gasteiger partial charge in [0, 0.05) is 17.8 Å². The fraction of sp³-hybridized carbons (Fsp3) is 0.500. The van der Waals surface area contributed by atoms with Crippen LogP contribution in [0.4, 0.5) is 0 Å². The molecular formula is C10H14BrNO. The van der Waals surface area contributed by atoms with Gasteiger partial charge in [-0.05, 0) is 28.8 Å². The summed E-state index contributed by atoms with van der Waals surface area (Å²) in [6, 6.07) is 1.90. The molecule has 72 valence electrons. The molecule has 0 unspecified atom stereocenters. The lowest BCUT2D eigenvalue weighted by atomic mass is 10.2. The SMILES string of the molecule is Cc1cnc(Br)cc1OCC(C)C. The minimum Gasteiger partial charge on any atom is -0.493 e. The predicted molar refractivity (Wildman–Crippen MR) is 57.0 cm³/mol. The van der Waals surface area contributed by atoms with Crippen molar-refractivity contribution >= 4 is 15.9 Å². The molecule has 0 saturated heterocycles. The second-order valence-corrected chi connectivity index (χ2v) is 4.29. The smallest absolute Gasteiger partial charge is 0.126 e. The van der Waals surface area contributed by atoms with Crippen molar-refractivity contribution in [3.8, 4) is 5.75 Å². The Bertz CT molecular complexity index is 286. The van der Waals surface area contributed by atoms with Crippen LogP contribution in [0.25, 0.3) is 0 Å². The summed E-state index contributed by atoms with van der Waals surface area (Å²) in [7, 11) is 0. The molecule has 0 amide bonds. The van der Waals surface area contributed by atoms with Crippen molar-refractivity contribution < 1.29 is 4.74 Å². The number of ether oxygens (including phenoxy) is 1.